The van der Waals surface area contributed by atoms with Crippen LogP contribution in [0.3, 0.4) is 0 Å². The molecule has 3 N–H and O–H groups in total. The van der Waals surface area contributed by atoms with Gasteiger partial charge in [0.25, 0.3) is 0 Å². The predicted octanol–water partition coefficient (Wildman–Crippen LogP) is 1.67. The number of hydrogen-bond donors (Lipinski definition) is 2. The number of nitrogens with zero attached hydrogens (tertiary/aromatic N) is 1. The highest BCUT2D eigenvalue weighted by Crippen LogP contribution is 2.22. The summed E-state index contributed by atoms with van der Waals surface area (Å²) in [6.45, 7) is 2.74. The Bertz CT molecular complexity index is 428. The highest BCUT2D eigenvalue weighted by atomic mass is 19.2. The fourth-order valence-electron chi connectivity index (χ4n) is 2.55. The molecule has 1 fully saturated rings. The quantitative estimate of drug-likeness (QED) is 0.855. The molecule has 0 aromatic heterocycles. The van der Waals surface area contributed by atoms with Crippen LogP contribution in [0.1, 0.15) is 24.4 Å². The van der Waals surface area contributed by atoms with Gasteiger partial charge in [-0.25, -0.2) is 8.78 Å². The Morgan fingerprint density at radius 3 is 2.89 bits per heavy atom. The summed E-state index contributed by atoms with van der Waals surface area (Å²) in [7, 11) is 0. The molecule has 0 amide bonds. The van der Waals surface area contributed by atoms with Crippen LogP contribution in [0.4, 0.5) is 8.78 Å². The first kappa shape index (κ1) is 14.4. The number of hydrogen-bond acceptors (Lipinski definition) is 3. The van der Waals surface area contributed by atoms with Crippen molar-refractivity contribution in [1.82, 2.24) is 4.90 Å². The zero-order valence-electron chi connectivity index (χ0n) is 10.9. The molecule has 2 atom stereocenters. The van der Waals surface area contributed by atoms with Crippen molar-refractivity contribution >= 4 is 0 Å². The van der Waals surface area contributed by atoms with Crippen LogP contribution in [-0.2, 0) is 0 Å². The first-order valence-electron chi connectivity index (χ1n) is 6.64. The third-order valence-corrected chi connectivity index (χ3v) is 3.77. The second kappa shape index (κ2) is 6.41. The van der Waals surface area contributed by atoms with Crippen molar-refractivity contribution < 1.29 is 13.9 Å². The van der Waals surface area contributed by atoms with Gasteiger partial charge in [-0.05, 0) is 37.9 Å². The molecule has 1 aromatic carbocycles. The lowest BCUT2D eigenvalue weighted by atomic mass is 10.0. The summed E-state index contributed by atoms with van der Waals surface area (Å²) in [4.78, 5) is 2.21. The van der Waals surface area contributed by atoms with Crippen molar-refractivity contribution in [3.63, 3.8) is 0 Å². The molecule has 3 nitrogen and oxygen atoms in total. The molecular formula is C14H20F2N2O. The maximum absolute atomic E-state index is 13.6. The van der Waals surface area contributed by atoms with Crippen molar-refractivity contribution in [1.29, 1.82) is 0 Å². The van der Waals surface area contributed by atoms with Crippen molar-refractivity contribution in [2.45, 2.75) is 18.9 Å². The second-order valence-electron chi connectivity index (χ2n) is 5.18. The first-order chi connectivity index (χ1) is 9.11. The molecule has 19 heavy (non-hydrogen) atoms. The van der Waals surface area contributed by atoms with Gasteiger partial charge < -0.3 is 15.7 Å². The van der Waals surface area contributed by atoms with Crippen LogP contribution in [-0.4, -0.2) is 36.2 Å². The molecule has 0 radical (unpaired) electrons. The molecule has 2 rings (SSSR count). The van der Waals surface area contributed by atoms with Gasteiger partial charge in [-0.3, -0.25) is 0 Å². The van der Waals surface area contributed by atoms with Crippen molar-refractivity contribution in [3.05, 3.63) is 35.4 Å². The summed E-state index contributed by atoms with van der Waals surface area (Å²) in [6, 6.07) is 3.61. The van der Waals surface area contributed by atoms with Gasteiger partial charge in [0.15, 0.2) is 11.6 Å². The van der Waals surface area contributed by atoms with E-state index in [9.17, 15) is 8.78 Å². The third-order valence-electron chi connectivity index (χ3n) is 3.77. The minimum atomic E-state index is -0.852. The van der Waals surface area contributed by atoms with Gasteiger partial charge >= 0.3 is 0 Å². The van der Waals surface area contributed by atoms with Gasteiger partial charge in [0.2, 0.25) is 0 Å². The summed E-state index contributed by atoms with van der Waals surface area (Å²) in [5.41, 5.74) is 6.16. The summed E-state index contributed by atoms with van der Waals surface area (Å²) in [5, 5.41) is 9.06. The Hall–Kier alpha value is -1.04. The molecule has 1 aliphatic rings. The number of rotatable bonds is 5. The molecule has 1 heterocycles. The van der Waals surface area contributed by atoms with Crippen LogP contribution >= 0.6 is 0 Å². The maximum Gasteiger partial charge on any atom is 0.163 e. The van der Waals surface area contributed by atoms with Gasteiger partial charge in [-0.1, -0.05) is 12.1 Å². The molecule has 0 aliphatic carbocycles. The van der Waals surface area contributed by atoms with Crippen molar-refractivity contribution in [2.75, 3.05) is 26.2 Å². The summed E-state index contributed by atoms with van der Waals surface area (Å²) in [5.74, 6) is -1.36. The van der Waals surface area contributed by atoms with Gasteiger partial charge in [0.1, 0.15) is 0 Å². The number of nitrogens with two attached hydrogens (primary N) is 1. The number of halogens is 2. The monoisotopic (exact) mass is 270 g/mol. The standard InChI is InChI=1S/C14H20F2N2O/c15-12-3-1-2-11(14(12)16)13(17)5-7-18-6-4-10(8-18)9-19/h1-3,10,13,19H,4-9,17H2. The molecule has 106 valence electrons. The van der Waals surface area contributed by atoms with E-state index in [0.29, 0.717) is 12.3 Å². The highest BCUT2D eigenvalue weighted by molar-refractivity contribution is 5.22. The van der Waals surface area contributed by atoms with E-state index >= 15 is 0 Å². The fraction of sp³-hybridized carbons (Fsp3) is 0.571. The highest BCUT2D eigenvalue weighted by Gasteiger charge is 2.22. The molecular weight excluding hydrogens is 250 g/mol. The zero-order chi connectivity index (χ0) is 13.8. The van der Waals surface area contributed by atoms with E-state index in [1.807, 2.05) is 0 Å². The molecule has 1 aromatic rings. The Morgan fingerprint density at radius 2 is 2.21 bits per heavy atom. The molecule has 1 aliphatic heterocycles. The molecule has 0 spiro atoms. The number of benzene rings is 1. The molecule has 5 heteroatoms. The number of aliphatic hydroxyl groups is 1. The van der Waals surface area contributed by atoms with Crippen LogP contribution in [0.5, 0.6) is 0 Å². The molecule has 2 unspecified atom stereocenters. The van der Waals surface area contributed by atoms with Crippen LogP contribution in [0.15, 0.2) is 18.2 Å². The van der Waals surface area contributed by atoms with Crippen LogP contribution < -0.4 is 5.73 Å². The van der Waals surface area contributed by atoms with Crippen molar-refractivity contribution in [2.24, 2.45) is 11.7 Å². The topological polar surface area (TPSA) is 49.5 Å². The van der Waals surface area contributed by atoms with Gasteiger partial charge in [0, 0.05) is 24.8 Å². The van der Waals surface area contributed by atoms with Gasteiger partial charge in [-0.2, -0.15) is 0 Å². The molecule has 0 bridgehead atoms. The Balaban J connectivity index is 1.88. The van der Waals surface area contributed by atoms with E-state index in [0.717, 1.165) is 32.1 Å². The summed E-state index contributed by atoms with van der Waals surface area (Å²) >= 11 is 0. The second-order valence-corrected chi connectivity index (χ2v) is 5.18. The van der Waals surface area contributed by atoms with E-state index in [1.54, 1.807) is 0 Å². The normalized spacial score (nSPS) is 21.8. The van der Waals surface area contributed by atoms with Crippen LogP contribution in [0.25, 0.3) is 0 Å². The zero-order valence-corrected chi connectivity index (χ0v) is 10.9. The first-order valence-corrected chi connectivity index (χ1v) is 6.64. The average Bonchev–Trinajstić information content (AvgIpc) is 2.87. The van der Waals surface area contributed by atoms with E-state index in [-0.39, 0.29) is 12.2 Å². The summed E-state index contributed by atoms with van der Waals surface area (Å²) < 4.78 is 26.7. The van der Waals surface area contributed by atoms with E-state index < -0.39 is 17.7 Å². The lowest BCUT2D eigenvalue weighted by Crippen LogP contribution is -2.26. The van der Waals surface area contributed by atoms with Crippen molar-refractivity contribution in [3.8, 4) is 0 Å². The van der Waals surface area contributed by atoms with Crippen LogP contribution in [0, 0.1) is 17.6 Å². The lowest BCUT2D eigenvalue weighted by Gasteiger charge is -2.19. The third kappa shape index (κ3) is 3.49. The molecule has 0 saturated carbocycles. The van der Waals surface area contributed by atoms with Gasteiger partial charge in [-0.15, -0.1) is 0 Å². The number of likely N-dealkylation sites (tertiary alicyclic amines) is 1. The largest absolute Gasteiger partial charge is 0.396 e. The Morgan fingerprint density at radius 1 is 1.42 bits per heavy atom. The maximum atomic E-state index is 13.6. The minimum absolute atomic E-state index is 0.209. The summed E-state index contributed by atoms with van der Waals surface area (Å²) in [6.07, 6.45) is 1.57. The lowest BCUT2D eigenvalue weighted by molar-refractivity contribution is 0.220. The Labute approximate surface area is 112 Å². The average molecular weight is 270 g/mol. The molecule has 1 saturated heterocycles. The van der Waals surface area contributed by atoms with E-state index in [1.165, 1.54) is 12.1 Å². The van der Waals surface area contributed by atoms with E-state index in [2.05, 4.69) is 4.90 Å². The van der Waals surface area contributed by atoms with Gasteiger partial charge in [0.05, 0.1) is 0 Å². The number of aliphatic hydroxyl groups excluding tert-OH is 1. The predicted molar refractivity (Wildman–Crippen MR) is 69.5 cm³/mol. The van der Waals surface area contributed by atoms with E-state index in [4.69, 9.17) is 10.8 Å². The Kier molecular flexibility index (Phi) is 4.85. The minimum Gasteiger partial charge on any atom is -0.396 e. The smallest absolute Gasteiger partial charge is 0.163 e. The SMILES string of the molecule is NC(CCN1CCC(CO)C1)c1cccc(F)c1F. The van der Waals surface area contributed by atoms with Crippen LogP contribution in [0.2, 0.25) is 0 Å². The fourth-order valence-corrected chi connectivity index (χ4v) is 2.55.